The van der Waals surface area contributed by atoms with Gasteiger partial charge in [0.15, 0.2) is 0 Å². The van der Waals surface area contributed by atoms with Crippen LogP contribution >= 0.6 is 0 Å². The third-order valence-corrected chi connectivity index (χ3v) is 5.07. The Kier molecular flexibility index (Phi) is 4.97. The molecule has 0 bridgehead atoms. The minimum absolute atomic E-state index is 0.515. The highest BCUT2D eigenvalue weighted by Gasteiger charge is 2.38. The van der Waals surface area contributed by atoms with Crippen LogP contribution in [-0.2, 0) is 6.42 Å². The van der Waals surface area contributed by atoms with E-state index in [0.717, 1.165) is 12.6 Å². The summed E-state index contributed by atoms with van der Waals surface area (Å²) in [5.74, 6) is 0. The van der Waals surface area contributed by atoms with Crippen LogP contribution in [0, 0.1) is 0 Å². The van der Waals surface area contributed by atoms with Crippen LogP contribution in [0.3, 0.4) is 0 Å². The first kappa shape index (κ1) is 15.1. The monoisotopic (exact) mass is 286 g/mol. The molecule has 2 aliphatic carbocycles. The summed E-state index contributed by atoms with van der Waals surface area (Å²) in [6, 6.07) is 11.2. The second kappa shape index (κ2) is 6.93. The van der Waals surface area contributed by atoms with Crippen molar-refractivity contribution in [3.63, 3.8) is 0 Å². The smallest absolute Gasteiger partial charge is 0.0480 e. The van der Waals surface area contributed by atoms with Crippen molar-refractivity contribution < 1.29 is 0 Å². The fraction of sp³-hybridized carbons (Fsp3) is 0.684. The van der Waals surface area contributed by atoms with Crippen molar-refractivity contribution >= 4 is 0 Å². The fourth-order valence-corrected chi connectivity index (χ4v) is 4.05. The van der Waals surface area contributed by atoms with E-state index in [9.17, 15) is 0 Å². The fourth-order valence-electron chi connectivity index (χ4n) is 4.05. The van der Waals surface area contributed by atoms with E-state index < -0.39 is 0 Å². The number of benzene rings is 1. The van der Waals surface area contributed by atoms with Gasteiger partial charge in [0.05, 0.1) is 0 Å². The largest absolute Gasteiger partial charge is 0.309 e. The van der Waals surface area contributed by atoms with Crippen molar-refractivity contribution in [2.75, 3.05) is 13.1 Å². The van der Waals surface area contributed by atoms with Gasteiger partial charge in [0.2, 0.25) is 0 Å². The molecule has 1 aromatic rings. The lowest BCUT2D eigenvalue weighted by Crippen LogP contribution is -2.46. The summed E-state index contributed by atoms with van der Waals surface area (Å²) < 4.78 is 0. The van der Waals surface area contributed by atoms with E-state index in [0.29, 0.717) is 12.1 Å². The van der Waals surface area contributed by atoms with Crippen LogP contribution in [0.2, 0.25) is 0 Å². The maximum absolute atomic E-state index is 3.81. The Bertz CT molecular complexity index is 453. The molecule has 0 spiro atoms. The SMILES string of the molecule is CCCN(C1CC1)C1CCCc2ccccc2C1NCC. The first-order valence-electron chi connectivity index (χ1n) is 8.92. The average molecular weight is 286 g/mol. The molecule has 0 radical (unpaired) electrons. The van der Waals surface area contributed by atoms with E-state index in [1.54, 1.807) is 11.1 Å². The van der Waals surface area contributed by atoms with E-state index >= 15 is 0 Å². The summed E-state index contributed by atoms with van der Waals surface area (Å²) in [5, 5.41) is 3.81. The van der Waals surface area contributed by atoms with Crippen LogP contribution in [-0.4, -0.2) is 30.1 Å². The zero-order valence-electron chi connectivity index (χ0n) is 13.6. The lowest BCUT2D eigenvalue weighted by Gasteiger charge is -2.37. The number of fused-ring (bicyclic) bond motifs is 1. The third kappa shape index (κ3) is 3.32. The summed E-state index contributed by atoms with van der Waals surface area (Å²) in [4.78, 5) is 2.83. The standard InChI is InChI=1S/C19H30N2/c1-3-14-21(16-12-13-16)18-11-7-9-15-8-5-6-10-17(15)19(18)20-4-2/h5-6,8,10,16,18-20H,3-4,7,9,11-14H2,1-2H3. The van der Waals surface area contributed by atoms with Crippen LogP contribution < -0.4 is 5.32 Å². The lowest BCUT2D eigenvalue weighted by atomic mass is 9.94. The van der Waals surface area contributed by atoms with Crippen LogP contribution in [0.4, 0.5) is 0 Å². The van der Waals surface area contributed by atoms with Gasteiger partial charge in [0.25, 0.3) is 0 Å². The van der Waals surface area contributed by atoms with Gasteiger partial charge in [-0.2, -0.15) is 0 Å². The van der Waals surface area contributed by atoms with Crippen molar-refractivity contribution in [3.05, 3.63) is 35.4 Å². The minimum atomic E-state index is 0.515. The molecule has 1 aromatic carbocycles. The summed E-state index contributed by atoms with van der Waals surface area (Å²) in [6.45, 7) is 6.88. The second-order valence-corrected chi connectivity index (χ2v) is 6.66. The number of rotatable bonds is 6. The molecule has 2 aliphatic rings. The van der Waals surface area contributed by atoms with Gasteiger partial charge in [0.1, 0.15) is 0 Å². The zero-order chi connectivity index (χ0) is 14.7. The first-order valence-corrected chi connectivity index (χ1v) is 8.92. The summed E-state index contributed by atoms with van der Waals surface area (Å²) in [6.07, 6.45) is 8.01. The topological polar surface area (TPSA) is 15.3 Å². The van der Waals surface area contributed by atoms with Gasteiger partial charge in [-0.25, -0.2) is 0 Å². The van der Waals surface area contributed by atoms with Crippen LogP contribution in [0.1, 0.15) is 63.1 Å². The van der Waals surface area contributed by atoms with E-state index in [1.165, 1.54) is 45.1 Å². The molecule has 3 rings (SSSR count). The van der Waals surface area contributed by atoms with Crippen LogP contribution in [0.15, 0.2) is 24.3 Å². The Labute approximate surface area is 129 Å². The van der Waals surface area contributed by atoms with Gasteiger partial charge >= 0.3 is 0 Å². The Morgan fingerprint density at radius 3 is 2.67 bits per heavy atom. The van der Waals surface area contributed by atoms with Crippen molar-refractivity contribution in [1.29, 1.82) is 0 Å². The Balaban J connectivity index is 1.90. The second-order valence-electron chi connectivity index (χ2n) is 6.66. The average Bonchev–Trinajstić information content (AvgIpc) is 3.33. The molecule has 0 saturated heterocycles. The normalized spacial score (nSPS) is 25.7. The Morgan fingerprint density at radius 2 is 1.95 bits per heavy atom. The predicted octanol–water partition coefficient (Wildman–Crippen LogP) is 3.92. The van der Waals surface area contributed by atoms with E-state index in [-0.39, 0.29) is 0 Å². The quantitative estimate of drug-likeness (QED) is 0.797. The molecule has 0 amide bonds. The molecule has 1 saturated carbocycles. The lowest BCUT2D eigenvalue weighted by molar-refractivity contribution is 0.139. The van der Waals surface area contributed by atoms with Crippen molar-refractivity contribution in [2.24, 2.45) is 0 Å². The molecule has 0 aliphatic heterocycles. The number of nitrogens with one attached hydrogen (secondary N) is 1. The number of aryl methyl sites for hydroxylation is 1. The van der Waals surface area contributed by atoms with Gasteiger partial charge < -0.3 is 5.32 Å². The molecule has 2 heteroatoms. The van der Waals surface area contributed by atoms with Crippen molar-refractivity contribution in [3.8, 4) is 0 Å². The number of hydrogen-bond donors (Lipinski definition) is 1. The summed E-state index contributed by atoms with van der Waals surface area (Å²) in [7, 11) is 0. The maximum atomic E-state index is 3.81. The molecule has 2 nitrogen and oxygen atoms in total. The number of hydrogen-bond acceptors (Lipinski definition) is 2. The third-order valence-electron chi connectivity index (χ3n) is 5.07. The van der Waals surface area contributed by atoms with Crippen molar-refractivity contribution in [2.45, 2.75) is 70.5 Å². The highest BCUT2D eigenvalue weighted by atomic mass is 15.2. The Hall–Kier alpha value is -0.860. The van der Waals surface area contributed by atoms with Crippen molar-refractivity contribution in [1.82, 2.24) is 10.2 Å². The van der Waals surface area contributed by atoms with Crippen LogP contribution in [0.5, 0.6) is 0 Å². The molecule has 2 unspecified atom stereocenters. The molecule has 0 heterocycles. The molecule has 116 valence electrons. The highest BCUT2D eigenvalue weighted by molar-refractivity contribution is 5.32. The maximum Gasteiger partial charge on any atom is 0.0480 e. The van der Waals surface area contributed by atoms with Gasteiger partial charge in [-0.3, -0.25) is 4.90 Å². The van der Waals surface area contributed by atoms with E-state index in [2.05, 4.69) is 48.3 Å². The first-order chi connectivity index (χ1) is 10.3. The predicted molar refractivity (Wildman–Crippen MR) is 89.6 cm³/mol. The van der Waals surface area contributed by atoms with Gasteiger partial charge in [-0.15, -0.1) is 0 Å². The molecular formula is C19H30N2. The van der Waals surface area contributed by atoms with Gasteiger partial charge in [-0.1, -0.05) is 38.1 Å². The number of nitrogens with zero attached hydrogens (tertiary/aromatic N) is 1. The summed E-state index contributed by atoms with van der Waals surface area (Å²) >= 11 is 0. The highest BCUT2D eigenvalue weighted by Crippen LogP contribution is 2.37. The van der Waals surface area contributed by atoms with Gasteiger partial charge in [-0.05, 0) is 62.7 Å². The zero-order valence-corrected chi connectivity index (χ0v) is 13.6. The number of likely N-dealkylation sites (N-methyl/N-ethyl adjacent to an activating group) is 1. The van der Waals surface area contributed by atoms with E-state index in [1.807, 2.05) is 0 Å². The molecule has 0 aromatic heterocycles. The van der Waals surface area contributed by atoms with Gasteiger partial charge in [0, 0.05) is 18.1 Å². The Morgan fingerprint density at radius 1 is 1.14 bits per heavy atom. The molecule has 2 atom stereocenters. The van der Waals surface area contributed by atoms with E-state index in [4.69, 9.17) is 0 Å². The molecule has 21 heavy (non-hydrogen) atoms. The molecule has 1 fully saturated rings. The minimum Gasteiger partial charge on any atom is -0.309 e. The summed E-state index contributed by atoms with van der Waals surface area (Å²) in [5.41, 5.74) is 3.13. The van der Waals surface area contributed by atoms with Crippen LogP contribution in [0.25, 0.3) is 0 Å². The molecular weight excluding hydrogens is 256 g/mol. The molecule has 1 N–H and O–H groups in total.